The van der Waals surface area contributed by atoms with Crippen LogP contribution in [0.25, 0.3) is 0 Å². The van der Waals surface area contributed by atoms with Crippen LogP contribution in [0.1, 0.15) is 12.0 Å². The molecule has 0 aliphatic carbocycles. The summed E-state index contributed by atoms with van der Waals surface area (Å²) in [5.41, 5.74) is 0.594. The van der Waals surface area contributed by atoms with Crippen molar-refractivity contribution in [3.8, 4) is 0 Å². The SMILES string of the molecule is O=C(O)C1CC(=O)N(Cc2ccc(Cl)c(F)c2)C1. The standard InChI is InChI=1S/C12H11ClFNO3/c13-9-2-1-7(3-10(9)14)5-15-6-8(12(17)18)4-11(15)16/h1-3,8H,4-6H2,(H,17,18). The van der Waals surface area contributed by atoms with E-state index < -0.39 is 17.7 Å². The molecule has 4 nitrogen and oxygen atoms in total. The highest BCUT2D eigenvalue weighted by Gasteiger charge is 2.34. The number of carboxylic acid groups (broad SMARTS) is 1. The van der Waals surface area contributed by atoms with Gasteiger partial charge in [-0.1, -0.05) is 17.7 Å². The zero-order chi connectivity index (χ0) is 13.3. The normalized spacial score (nSPS) is 19.3. The van der Waals surface area contributed by atoms with Crippen LogP contribution in [0, 0.1) is 11.7 Å². The smallest absolute Gasteiger partial charge is 0.308 e. The van der Waals surface area contributed by atoms with Gasteiger partial charge in [-0.2, -0.15) is 0 Å². The number of amides is 1. The second kappa shape index (κ2) is 4.94. The zero-order valence-electron chi connectivity index (χ0n) is 9.40. The number of aliphatic carboxylic acids is 1. The van der Waals surface area contributed by atoms with Gasteiger partial charge in [0.15, 0.2) is 0 Å². The number of hydrogen-bond acceptors (Lipinski definition) is 2. The number of hydrogen-bond donors (Lipinski definition) is 1. The maximum atomic E-state index is 13.2. The molecule has 1 aliphatic rings. The number of carbonyl (C=O) groups excluding carboxylic acids is 1. The summed E-state index contributed by atoms with van der Waals surface area (Å²) in [6.07, 6.45) is 0.00536. The van der Waals surface area contributed by atoms with Gasteiger partial charge in [-0.05, 0) is 17.7 Å². The molecule has 1 unspecified atom stereocenters. The summed E-state index contributed by atoms with van der Waals surface area (Å²) in [7, 11) is 0. The fourth-order valence-electron chi connectivity index (χ4n) is 1.95. The van der Waals surface area contributed by atoms with Gasteiger partial charge in [0.2, 0.25) is 5.91 Å². The lowest BCUT2D eigenvalue weighted by Crippen LogP contribution is -2.25. The Kier molecular flexibility index (Phi) is 3.52. The molecule has 6 heteroatoms. The minimum atomic E-state index is -0.979. The predicted octanol–water partition coefficient (Wildman–Crippen LogP) is 1.91. The molecule has 0 bridgehead atoms. The van der Waals surface area contributed by atoms with Gasteiger partial charge in [-0.15, -0.1) is 0 Å². The molecular formula is C12H11ClFNO3. The lowest BCUT2D eigenvalue weighted by atomic mass is 10.1. The Balaban J connectivity index is 2.08. The van der Waals surface area contributed by atoms with Gasteiger partial charge in [0.05, 0.1) is 10.9 Å². The van der Waals surface area contributed by atoms with E-state index in [1.807, 2.05) is 0 Å². The van der Waals surface area contributed by atoms with Crippen molar-refractivity contribution in [2.24, 2.45) is 5.92 Å². The van der Waals surface area contributed by atoms with Crippen LogP contribution in [-0.2, 0) is 16.1 Å². The van der Waals surface area contributed by atoms with E-state index in [1.165, 1.54) is 17.0 Å². The Hall–Kier alpha value is -1.62. The summed E-state index contributed by atoms with van der Waals surface area (Å²) < 4.78 is 13.2. The Labute approximate surface area is 108 Å². The minimum Gasteiger partial charge on any atom is -0.481 e. The molecule has 1 aromatic carbocycles. The highest BCUT2D eigenvalue weighted by atomic mass is 35.5. The van der Waals surface area contributed by atoms with Gasteiger partial charge in [0.1, 0.15) is 5.82 Å². The molecule has 18 heavy (non-hydrogen) atoms. The van der Waals surface area contributed by atoms with Gasteiger partial charge < -0.3 is 10.0 Å². The van der Waals surface area contributed by atoms with E-state index in [4.69, 9.17) is 16.7 Å². The van der Waals surface area contributed by atoms with E-state index in [9.17, 15) is 14.0 Å². The van der Waals surface area contributed by atoms with E-state index in [0.717, 1.165) is 0 Å². The van der Waals surface area contributed by atoms with Gasteiger partial charge in [-0.25, -0.2) is 4.39 Å². The van der Waals surface area contributed by atoms with Gasteiger partial charge in [0.25, 0.3) is 0 Å². The first-order chi connectivity index (χ1) is 8.47. The van der Waals surface area contributed by atoms with Crippen molar-refractivity contribution in [3.63, 3.8) is 0 Å². The van der Waals surface area contributed by atoms with Crippen molar-refractivity contribution in [2.75, 3.05) is 6.54 Å². The number of halogens is 2. The molecule has 1 amide bonds. The Morgan fingerprint density at radius 1 is 1.56 bits per heavy atom. The van der Waals surface area contributed by atoms with Crippen molar-refractivity contribution in [1.82, 2.24) is 4.90 Å². The molecule has 1 aliphatic heterocycles. The molecular weight excluding hydrogens is 261 g/mol. The first-order valence-electron chi connectivity index (χ1n) is 5.42. The molecule has 1 atom stereocenters. The lowest BCUT2D eigenvalue weighted by Gasteiger charge is -2.16. The maximum Gasteiger partial charge on any atom is 0.308 e. The topological polar surface area (TPSA) is 57.6 Å². The van der Waals surface area contributed by atoms with Gasteiger partial charge >= 0.3 is 5.97 Å². The maximum absolute atomic E-state index is 13.2. The second-order valence-electron chi connectivity index (χ2n) is 4.26. The number of carboxylic acids is 1. The van der Waals surface area contributed by atoms with Crippen LogP contribution in [0.15, 0.2) is 18.2 Å². The number of nitrogens with zero attached hydrogens (tertiary/aromatic N) is 1. The Bertz CT molecular complexity index is 506. The van der Waals surface area contributed by atoms with E-state index >= 15 is 0 Å². The van der Waals surface area contributed by atoms with Crippen molar-refractivity contribution >= 4 is 23.5 Å². The number of carbonyl (C=O) groups is 2. The minimum absolute atomic E-state index is 0.00536. The first kappa shape index (κ1) is 12.8. The van der Waals surface area contributed by atoms with E-state index in [1.54, 1.807) is 6.07 Å². The van der Waals surface area contributed by atoms with Gasteiger partial charge in [0, 0.05) is 19.5 Å². The van der Waals surface area contributed by atoms with Crippen LogP contribution in [0.3, 0.4) is 0 Å². The fourth-order valence-corrected chi connectivity index (χ4v) is 2.07. The third kappa shape index (κ3) is 2.61. The molecule has 0 saturated carbocycles. The summed E-state index contributed by atoms with van der Waals surface area (Å²) in [6.45, 7) is 0.370. The molecule has 1 aromatic rings. The largest absolute Gasteiger partial charge is 0.481 e. The van der Waals surface area contributed by atoms with Crippen molar-refractivity contribution in [1.29, 1.82) is 0 Å². The predicted molar refractivity (Wildman–Crippen MR) is 62.6 cm³/mol. The molecule has 1 N–H and O–H groups in total. The van der Waals surface area contributed by atoms with Crippen LogP contribution >= 0.6 is 11.6 Å². The highest BCUT2D eigenvalue weighted by molar-refractivity contribution is 6.30. The third-order valence-electron chi connectivity index (χ3n) is 2.92. The second-order valence-corrected chi connectivity index (χ2v) is 4.67. The summed E-state index contributed by atoms with van der Waals surface area (Å²) in [5, 5.41) is 8.86. The molecule has 1 saturated heterocycles. The van der Waals surface area contributed by atoms with Crippen molar-refractivity contribution in [3.05, 3.63) is 34.6 Å². The van der Waals surface area contributed by atoms with Crippen LogP contribution in [0.4, 0.5) is 4.39 Å². The molecule has 1 fully saturated rings. The average Bonchev–Trinajstić information content (AvgIpc) is 2.66. The van der Waals surface area contributed by atoms with Crippen LogP contribution < -0.4 is 0 Å². The summed E-state index contributed by atoms with van der Waals surface area (Å²) in [6, 6.07) is 4.29. The molecule has 0 aromatic heterocycles. The average molecular weight is 272 g/mol. The monoisotopic (exact) mass is 271 g/mol. The van der Waals surface area contributed by atoms with Crippen LogP contribution in [-0.4, -0.2) is 28.4 Å². The number of likely N-dealkylation sites (tertiary alicyclic amines) is 1. The van der Waals surface area contributed by atoms with Crippen LogP contribution in [0.2, 0.25) is 5.02 Å². The van der Waals surface area contributed by atoms with Gasteiger partial charge in [-0.3, -0.25) is 9.59 Å². The first-order valence-corrected chi connectivity index (χ1v) is 5.79. The number of benzene rings is 1. The van der Waals surface area contributed by atoms with Crippen molar-refractivity contribution < 1.29 is 19.1 Å². The molecule has 2 rings (SSSR count). The molecule has 1 heterocycles. The Morgan fingerprint density at radius 2 is 2.28 bits per heavy atom. The molecule has 0 radical (unpaired) electrons. The van der Waals surface area contributed by atoms with E-state index in [2.05, 4.69) is 0 Å². The molecule has 96 valence electrons. The zero-order valence-corrected chi connectivity index (χ0v) is 10.2. The summed E-state index contributed by atoms with van der Waals surface area (Å²) in [4.78, 5) is 23.8. The third-order valence-corrected chi connectivity index (χ3v) is 3.23. The quantitative estimate of drug-likeness (QED) is 0.914. The molecule has 0 spiro atoms. The highest BCUT2D eigenvalue weighted by Crippen LogP contribution is 2.22. The van der Waals surface area contributed by atoms with Crippen molar-refractivity contribution in [2.45, 2.75) is 13.0 Å². The van der Waals surface area contributed by atoms with E-state index in [-0.39, 0.29) is 30.4 Å². The van der Waals surface area contributed by atoms with E-state index in [0.29, 0.717) is 5.56 Å². The summed E-state index contributed by atoms with van der Waals surface area (Å²) >= 11 is 5.56. The number of rotatable bonds is 3. The Morgan fingerprint density at radius 3 is 2.83 bits per heavy atom. The fraction of sp³-hybridized carbons (Fsp3) is 0.333. The summed E-state index contributed by atoms with van der Waals surface area (Å²) in [5.74, 6) is -2.42. The van der Waals surface area contributed by atoms with Crippen LogP contribution in [0.5, 0.6) is 0 Å². The lowest BCUT2D eigenvalue weighted by molar-refractivity contribution is -0.141.